The average Bonchev–Trinajstić information content (AvgIpc) is 2.75. The van der Waals surface area contributed by atoms with Crippen molar-refractivity contribution in [1.29, 1.82) is 0 Å². The predicted molar refractivity (Wildman–Crippen MR) is 122 cm³/mol. The van der Waals surface area contributed by atoms with E-state index in [-0.39, 0.29) is 0 Å². The van der Waals surface area contributed by atoms with Crippen LogP contribution >= 0.6 is 22.9 Å². The van der Waals surface area contributed by atoms with E-state index in [1.807, 2.05) is 42.6 Å². The second-order valence-corrected chi connectivity index (χ2v) is 6.99. The molecule has 4 aromatic rings. The molecule has 0 spiro atoms. The Morgan fingerprint density at radius 2 is 1.30 bits per heavy atom. The van der Waals surface area contributed by atoms with E-state index in [0.717, 1.165) is 28.4 Å². The van der Waals surface area contributed by atoms with Crippen molar-refractivity contribution in [3.8, 4) is 11.1 Å². The van der Waals surface area contributed by atoms with Gasteiger partial charge in [0, 0.05) is 17.4 Å². The van der Waals surface area contributed by atoms with Gasteiger partial charge in [-0.05, 0) is 35.9 Å². The molecule has 132 valence electrons. The second kappa shape index (κ2) is 8.22. The molecule has 4 heteroatoms. The number of hydrogen-bond acceptors (Lipinski definition) is 3. The third-order valence-electron chi connectivity index (χ3n) is 4.24. The molecular formula is C23H18IN3. The van der Waals surface area contributed by atoms with Crippen molar-refractivity contribution in [2.75, 3.05) is 8.43 Å². The molecule has 0 aliphatic carbocycles. The SMILES string of the molecule is IN(c1ccccc1)c1ncccc1Nc1ccccc1-c1ccccc1. The molecule has 0 bridgehead atoms. The number of benzene rings is 3. The Morgan fingerprint density at radius 1 is 0.667 bits per heavy atom. The lowest BCUT2D eigenvalue weighted by molar-refractivity contribution is 1.27. The van der Waals surface area contributed by atoms with Gasteiger partial charge in [-0.15, -0.1) is 0 Å². The van der Waals surface area contributed by atoms with Gasteiger partial charge in [-0.3, -0.25) is 3.11 Å². The van der Waals surface area contributed by atoms with Crippen LogP contribution in [0.4, 0.5) is 22.9 Å². The fourth-order valence-electron chi connectivity index (χ4n) is 2.94. The Hall–Kier alpha value is -2.86. The molecule has 0 fully saturated rings. The number of para-hydroxylation sites is 2. The molecule has 0 saturated carbocycles. The van der Waals surface area contributed by atoms with Crippen LogP contribution in [0.2, 0.25) is 0 Å². The first-order valence-corrected chi connectivity index (χ1v) is 9.67. The molecule has 3 aromatic carbocycles. The van der Waals surface area contributed by atoms with Gasteiger partial charge < -0.3 is 5.32 Å². The highest BCUT2D eigenvalue weighted by atomic mass is 127. The zero-order valence-electron chi connectivity index (χ0n) is 14.6. The summed E-state index contributed by atoms with van der Waals surface area (Å²) in [5, 5.41) is 3.58. The van der Waals surface area contributed by atoms with E-state index in [9.17, 15) is 0 Å². The molecule has 3 nitrogen and oxygen atoms in total. The molecule has 0 unspecified atom stereocenters. The molecule has 0 radical (unpaired) electrons. The summed E-state index contributed by atoms with van der Waals surface area (Å²) in [6.07, 6.45) is 1.82. The van der Waals surface area contributed by atoms with Crippen molar-refractivity contribution in [3.05, 3.63) is 103 Å². The predicted octanol–water partition coefficient (Wildman–Crippen LogP) is 6.98. The lowest BCUT2D eigenvalue weighted by Gasteiger charge is -2.20. The van der Waals surface area contributed by atoms with Gasteiger partial charge in [-0.1, -0.05) is 66.7 Å². The Morgan fingerprint density at radius 3 is 2.07 bits per heavy atom. The third kappa shape index (κ3) is 3.95. The van der Waals surface area contributed by atoms with Crippen LogP contribution in [0.5, 0.6) is 0 Å². The standard InChI is InChI=1S/C23H18IN3/c24-27(19-12-5-2-6-13-19)23-22(16-9-17-25-23)26-21-15-8-7-14-20(21)18-10-3-1-4-11-18/h1-17,26H. The van der Waals surface area contributed by atoms with Gasteiger partial charge in [0.05, 0.1) is 34.2 Å². The number of rotatable bonds is 5. The van der Waals surface area contributed by atoms with Gasteiger partial charge in [0.1, 0.15) is 0 Å². The summed E-state index contributed by atoms with van der Waals surface area (Å²) < 4.78 is 2.06. The molecular weight excluding hydrogens is 445 g/mol. The maximum Gasteiger partial charge on any atom is 0.165 e. The van der Waals surface area contributed by atoms with E-state index in [1.54, 1.807) is 0 Å². The van der Waals surface area contributed by atoms with Crippen LogP contribution in [0.3, 0.4) is 0 Å². The molecule has 4 rings (SSSR count). The lowest BCUT2D eigenvalue weighted by atomic mass is 10.0. The van der Waals surface area contributed by atoms with Crippen molar-refractivity contribution >= 4 is 45.7 Å². The van der Waals surface area contributed by atoms with Crippen molar-refractivity contribution in [2.45, 2.75) is 0 Å². The molecule has 0 aliphatic heterocycles. The molecule has 1 aromatic heterocycles. The summed E-state index contributed by atoms with van der Waals surface area (Å²) in [5.74, 6) is 0.868. The van der Waals surface area contributed by atoms with Gasteiger partial charge >= 0.3 is 0 Å². The quantitative estimate of drug-likeness (QED) is 0.256. The van der Waals surface area contributed by atoms with E-state index < -0.39 is 0 Å². The van der Waals surface area contributed by atoms with Gasteiger partial charge in [0.15, 0.2) is 5.82 Å². The Bertz CT molecular complexity index is 1020. The Balaban J connectivity index is 1.71. The van der Waals surface area contributed by atoms with E-state index in [1.165, 1.54) is 5.56 Å². The number of nitrogens with one attached hydrogen (secondary N) is 1. The molecule has 0 aliphatic rings. The van der Waals surface area contributed by atoms with Crippen LogP contribution in [0.25, 0.3) is 11.1 Å². The largest absolute Gasteiger partial charge is 0.352 e. The smallest absolute Gasteiger partial charge is 0.165 e. The van der Waals surface area contributed by atoms with Crippen LogP contribution in [-0.4, -0.2) is 4.98 Å². The molecule has 0 atom stereocenters. The summed E-state index contributed by atoms with van der Waals surface area (Å²) in [4.78, 5) is 4.61. The van der Waals surface area contributed by atoms with Crippen LogP contribution in [0.15, 0.2) is 103 Å². The summed E-state index contributed by atoms with van der Waals surface area (Å²) in [6.45, 7) is 0. The van der Waals surface area contributed by atoms with E-state index >= 15 is 0 Å². The summed E-state index contributed by atoms with van der Waals surface area (Å²) in [6, 6.07) is 33.0. The fourth-order valence-corrected chi connectivity index (χ4v) is 3.64. The maximum absolute atomic E-state index is 4.61. The number of halogens is 1. The molecule has 27 heavy (non-hydrogen) atoms. The number of aromatic nitrogens is 1. The van der Waals surface area contributed by atoms with Gasteiger partial charge in [-0.25, -0.2) is 4.98 Å². The third-order valence-corrected chi connectivity index (χ3v) is 5.25. The first-order chi connectivity index (χ1) is 13.3. The molecule has 0 amide bonds. The molecule has 1 heterocycles. The number of nitrogens with zero attached hydrogens (tertiary/aromatic N) is 2. The van der Waals surface area contributed by atoms with Crippen LogP contribution in [0, 0.1) is 0 Å². The Kier molecular flexibility index (Phi) is 5.34. The number of hydrogen-bond donors (Lipinski definition) is 1. The first kappa shape index (κ1) is 17.5. The van der Waals surface area contributed by atoms with E-state index in [0.29, 0.717) is 0 Å². The minimum atomic E-state index is 0.868. The summed E-state index contributed by atoms with van der Waals surface area (Å²) in [7, 11) is 0. The van der Waals surface area contributed by atoms with Crippen molar-refractivity contribution in [2.24, 2.45) is 0 Å². The number of anilines is 4. The lowest BCUT2D eigenvalue weighted by Crippen LogP contribution is -2.06. The zero-order valence-corrected chi connectivity index (χ0v) is 16.7. The first-order valence-electron chi connectivity index (χ1n) is 8.70. The summed E-state index contributed by atoms with van der Waals surface area (Å²) in [5.41, 5.74) is 5.43. The van der Waals surface area contributed by atoms with Crippen LogP contribution in [0.1, 0.15) is 0 Å². The Labute approximate surface area is 173 Å². The average molecular weight is 463 g/mol. The van der Waals surface area contributed by atoms with Crippen molar-refractivity contribution in [1.82, 2.24) is 4.98 Å². The van der Waals surface area contributed by atoms with Gasteiger partial charge in [0.2, 0.25) is 0 Å². The highest BCUT2D eigenvalue weighted by molar-refractivity contribution is 14.1. The minimum Gasteiger partial charge on any atom is -0.352 e. The van der Waals surface area contributed by atoms with Crippen molar-refractivity contribution in [3.63, 3.8) is 0 Å². The highest BCUT2D eigenvalue weighted by Gasteiger charge is 2.13. The summed E-state index contributed by atoms with van der Waals surface area (Å²) >= 11 is 2.29. The maximum atomic E-state index is 4.61. The zero-order chi connectivity index (χ0) is 18.5. The van der Waals surface area contributed by atoms with Crippen LogP contribution < -0.4 is 8.43 Å². The minimum absolute atomic E-state index is 0.868. The van der Waals surface area contributed by atoms with Gasteiger partial charge in [-0.2, -0.15) is 0 Å². The normalized spacial score (nSPS) is 10.4. The van der Waals surface area contributed by atoms with Crippen molar-refractivity contribution < 1.29 is 0 Å². The monoisotopic (exact) mass is 463 g/mol. The number of pyridine rings is 1. The van der Waals surface area contributed by atoms with E-state index in [4.69, 9.17) is 0 Å². The topological polar surface area (TPSA) is 28.2 Å². The van der Waals surface area contributed by atoms with Gasteiger partial charge in [0.25, 0.3) is 0 Å². The highest BCUT2D eigenvalue weighted by Crippen LogP contribution is 2.36. The fraction of sp³-hybridized carbons (Fsp3) is 0. The van der Waals surface area contributed by atoms with E-state index in [2.05, 4.69) is 96.9 Å². The molecule has 0 saturated heterocycles. The second-order valence-electron chi connectivity index (χ2n) is 6.03. The molecule has 1 N–H and O–H groups in total. The van der Waals surface area contributed by atoms with Crippen LogP contribution in [-0.2, 0) is 0 Å².